The molecule has 0 bridgehead atoms. The molecule has 2 aromatic carbocycles. The SMILES string of the molecule is C[C@@H](CN(C)C)Nc1cccc2ccccc12. The summed E-state index contributed by atoms with van der Waals surface area (Å²) in [5.41, 5.74) is 1.22. The van der Waals surface area contributed by atoms with Gasteiger partial charge in [0, 0.05) is 23.7 Å². The van der Waals surface area contributed by atoms with Gasteiger partial charge in [0.15, 0.2) is 0 Å². The van der Waals surface area contributed by atoms with Crippen LogP contribution in [0.25, 0.3) is 10.8 Å². The fourth-order valence-electron chi connectivity index (χ4n) is 2.21. The molecule has 0 spiro atoms. The Morgan fingerprint density at radius 2 is 1.76 bits per heavy atom. The Balaban J connectivity index is 2.24. The number of nitrogens with one attached hydrogen (secondary N) is 1. The standard InChI is InChI=1S/C15H20N2/c1-12(11-17(2)3)16-15-10-6-8-13-7-4-5-9-14(13)15/h4-10,12,16H,11H2,1-3H3/t12-/m0/s1. The Labute approximate surface area is 103 Å². The van der Waals surface area contributed by atoms with Crippen LogP contribution in [-0.2, 0) is 0 Å². The summed E-state index contributed by atoms with van der Waals surface area (Å²) in [6.45, 7) is 3.24. The third-order valence-electron chi connectivity index (χ3n) is 2.83. The molecule has 2 rings (SSSR count). The van der Waals surface area contributed by atoms with Crippen LogP contribution in [0.15, 0.2) is 42.5 Å². The van der Waals surface area contributed by atoms with Crippen LogP contribution in [-0.4, -0.2) is 31.6 Å². The van der Waals surface area contributed by atoms with E-state index in [0.717, 1.165) is 6.54 Å². The summed E-state index contributed by atoms with van der Waals surface area (Å²) in [6.07, 6.45) is 0. The number of fused-ring (bicyclic) bond motifs is 1. The normalized spacial score (nSPS) is 12.9. The molecule has 17 heavy (non-hydrogen) atoms. The summed E-state index contributed by atoms with van der Waals surface area (Å²) >= 11 is 0. The van der Waals surface area contributed by atoms with Crippen molar-refractivity contribution in [1.82, 2.24) is 4.90 Å². The van der Waals surface area contributed by atoms with Crippen molar-refractivity contribution < 1.29 is 0 Å². The Kier molecular flexibility index (Phi) is 3.64. The van der Waals surface area contributed by atoms with Crippen molar-refractivity contribution in [3.05, 3.63) is 42.5 Å². The van der Waals surface area contributed by atoms with E-state index in [-0.39, 0.29) is 0 Å². The van der Waals surface area contributed by atoms with Crippen molar-refractivity contribution >= 4 is 16.5 Å². The van der Waals surface area contributed by atoms with E-state index < -0.39 is 0 Å². The summed E-state index contributed by atoms with van der Waals surface area (Å²) in [5.74, 6) is 0. The molecule has 2 nitrogen and oxygen atoms in total. The highest BCUT2D eigenvalue weighted by molar-refractivity contribution is 5.93. The summed E-state index contributed by atoms with van der Waals surface area (Å²) < 4.78 is 0. The van der Waals surface area contributed by atoms with Crippen LogP contribution in [0.5, 0.6) is 0 Å². The van der Waals surface area contributed by atoms with Crippen molar-refractivity contribution in [2.24, 2.45) is 0 Å². The molecule has 0 saturated heterocycles. The smallest absolute Gasteiger partial charge is 0.0422 e. The number of rotatable bonds is 4. The van der Waals surface area contributed by atoms with Crippen molar-refractivity contribution in [2.45, 2.75) is 13.0 Å². The third kappa shape index (κ3) is 2.98. The quantitative estimate of drug-likeness (QED) is 0.864. The average Bonchev–Trinajstić information content (AvgIpc) is 2.28. The van der Waals surface area contributed by atoms with E-state index in [4.69, 9.17) is 0 Å². The minimum atomic E-state index is 0.441. The van der Waals surface area contributed by atoms with Crippen LogP contribution in [0.4, 0.5) is 5.69 Å². The van der Waals surface area contributed by atoms with Gasteiger partial charge in [-0.15, -0.1) is 0 Å². The monoisotopic (exact) mass is 228 g/mol. The van der Waals surface area contributed by atoms with Crippen molar-refractivity contribution in [2.75, 3.05) is 26.0 Å². The van der Waals surface area contributed by atoms with E-state index in [1.807, 2.05) is 0 Å². The fourth-order valence-corrected chi connectivity index (χ4v) is 2.21. The van der Waals surface area contributed by atoms with Crippen LogP contribution in [0.3, 0.4) is 0 Å². The maximum atomic E-state index is 3.57. The maximum Gasteiger partial charge on any atom is 0.0422 e. The first-order valence-electron chi connectivity index (χ1n) is 6.06. The first kappa shape index (κ1) is 11.9. The van der Waals surface area contributed by atoms with E-state index in [2.05, 4.69) is 73.7 Å². The van der Waals surface area contributed by atoms with Gasteiger partial charge in [-0.25, -0.2) is 0 Å². The molecule has 0 aliphatic heterocycles. The van der Waals surface area contributed by atoms with E-state index in [1.54, 1.807) is 0 Å². The molecule has 0 heterocycles. The Hall–Kier alpha value is -1.54. The predicted octanol–water partition coefficient (Wildman–Crippen LogP) is 3.20. The van der Waals surface area contributed by atoms with Crippen molar-refractivity contribution in [3.8, 4) is 0 Å². The Morgan fingerprint density at radius 3 is 2.53 bits per heavy atom. The average molecular weight is 228 g/mol. The molecule has 1 N–H and O–H groups in total. The van der Waals surface area contributed by atoms with Crippen molar-refractivity contribution in [3.63, 3.8) is 0 Å². The van der Waals surface area contributed by atoms with Gasteiger partial charge in [0.1, 0.15) is 0 Å². The lowest BCUT2D eigenvalue weighted by Crippen LogP contribution is -2.29. The highest BCUT2D eigenvalue weighted by Gasteiger charge is 2.05. The van der Waals surface area contributed by atoms with Crippen LogP contribution in [0, 0.1) is 0 Å². The second kappa shape index (κ2) is 5.19. The molecular weight excluding hydrogens is 208 g/mol. The summed E-state index contributed by atoms with van der Waals surface area (Å²) in [5, 5.41) is 6.15. The van der Waals surface area contributed by atoms with Crippen LogP contribution >= 0.6 is 0 Å². The summed E-state index contributed by atoms with van der Waals surface area (Å²) in [6, 6.07) is 15.3. The minimum absolute atomic E-state index is 0.441. The number of hydrogen-bond acceptors (Lipinski definition) is 2. The molecule has 2 aromatic rings. The van der Waals surface area contributed by atoms with Gasteiger partial charge in [-0.2, -0.15) is 0 Å². The lowest BCUT2D eigenvalue weighted by atomic mass is 10.1. The number of hydrogen-bond donors (Lipinski definition) is 1. The number of anilines is 1. The van der Waals surface area contributed by atoms with Crippen LogP contribution < -0.4 is 5.32 Å². The Morgan fingerprint density at radius 1 is 1.06 bits per heavy atom. The van der Waals surface area contributed by atoms with E-state index in [1.165, 1.54) is 16.5 Å². The molecule has 0 aromatic heterocycles. The Bertz CT molecular complexity index is 486. The third-order valence-corrected chi connectivity index (χ3v) is 2.83. The van der Waals surface area contributed by atoms with Gasteiger partial charge in [0.2, 0.25) is 0 Å². The lowest BCUT2D eigenvalue weighted by molar-refractivity contribution is 0.392. The summed E-state index contributed by atoms with van der Waals surface area (Å²) in [7, 11) is 4.20. The minimum Gasteiger partial charge on any atom is -0.381 e. The maximum absolute atomic E-state index is 3.57. The van der Waals surface area contributed by atoms with Gasteiger partial charge in [-0.05, 0) is 32.5 Å². The van der Waals surface area contributed by atoms with Crippen LogP contribution in [0.1, 0.15) is 6.92 Å². The fraction of sp³-hybridized carbons (Fsp3) is 0.333. The first-order chi connectivity index (χ1) is 8.16. The highest BCUT2D eigenvalue weighted by atomic mass is 15.1. The molecule has 1 atom stereocenters. The van der Waals surface area contributed by atoms with E-state index in [0.29, 0.717) is 6.04 Å². The molecule has 2 heteroatoms. The van der Waals surface area contributed by atoms with Gasteiger partial charge in [-0.1, -0.05) is 36.4 Å². The molecule has 90 valence electrons. The number of benzene rings is 2. The molecule has 0 radical (unpaired) electrons. The van der Waals surface area contributed by atoms with Gasteiger partial charge >= 0.3 is 0 Å². The predicted molar refractivity (Wildman–Crippen MR) is 75.6 cm³/mol. The zero-order chi connectivity index (χ0) is 12.3. The van der Waals surface area contributed by atoms with Crippen molar-refractivity contribution in [1.29, 1.82) is 0 Å². The molecule has 0 unspecified atom stereocenters. The van der Waals surface area contributed by atoms with Crippen LogP contribution in [0.2, 0.25) is 0 Å². The molecule has 0 aliphatic carbocycles. The molecule has 0 saturated carbocycles. The van der Waals surface area contributed by atoms with Gasteiger partial charge in [0.25, 0.3) is 0 Å². The van der Waals surface area contributed by atoms with Gasteiger partial charge in [-0.3, -0.25) is 0 Å². The van der Waals surface area contributed by atoms with Gasteiger partial charge in [0.05, 0.1) is 0 Å². The largest absolute Gasteiger partial charge is 0.381 e. The van der Waals surface area contributed by atoms with Gasteiger partial charge < -0.3 is 10.2 Å². The summed E-state index contributed by atoms with van der Waals surface area (Å²) in [4.78, 5) is 2.20. The van der Waals surface area contributed by atoms with E-state index >= 15 is 0 Å². The molecule has 0 fully saturated rings. The number of nitrogens with zero attached hydrogens (tertiary/aromatic N) is 1. The molecule has 0 aliphatic rings. The second-order valence-corrected chi connectivity index (χ2v) is 4.83. The zero-order valence-electron chi connectivity index (χ0n) is 10.8. The first-order valence-corrected chi connectivity index (χ1v) is 6.06. The number of likely N-dealkylation sites (N-methyl/N-ethyl adjacent to an activating group) is 1. The molecular formula is C15H20N2. The topological polar surface area (TPSA) is 15.3 Å². The molecule has 0 amide bonds. The lowest BCUT2D eigenvalue weighted by Gasteiger charge is -2.20. The zero-order valence-corrected chi connectivity index (χ0v) is 10.8. The second-order valence-electron chi connectivity index (χ2n) is 4.83. The van der Waals surface area contributed by atoms with E-state index in [9.17, 15) is 0 Å². The highest BCUT2D eigenvalue weighted by Crippen LogP contribution is 2.23.